The van der Waals surface area contributed by atoms with Gasteiger partial charge in [0, 0.05) is 30.6 Å². The highest BCUT2D eigenvalue weighted by Crippen LogP contribution is 2.25. The van der Waals surface area contributed by atoms with E-state index in [1.165, 1.54) is 23.5 Å². The van der Waals surface area contributed by atoms with Crippen LogP contribution < -0.4 is 5.32 Å². The molecule has 1 aromatic heterocycles. The predicted octanol–water partition coefficient (Wildman–Crippen LogP) is 2.40. The number of hydrogen-bond acceptors (Lipinski definition) is 6. The van der Waals surface area contributed by atoms with Crippen molar-refractivity contribution in [3.05, 3.63) is 50.5 Å². The summed E-state index contributed by atoms with van der Waals surface area (Å²) < 4.78 is 0. The summed E-state index contributed by atoms with van der Waals surface area (Å²) in [4.78, 5) is 25.3. The van der Waals surface area contributed by atoms with Crippen LogP contribution >= 0.6 is 11.3 Å². The molecule has 104 valence electrons. The molecule has 2 rings (SSSR count). The lowest BCUT2D eigenvalue weighted by Crippen LogP contribution is -2.08. The Kier molecular flexibility index (Phi) is 4.26. The van der Waals surface area contributed by atoms with Gasteiger partial charge < -0.3 is 10.4 Å². The zero-order valence-electron chi connectivity index (χ0n) is 10.3. The van der Waals surface area contributed by atoms with Crippen LogP contribution in [0.5, 0.6) is 0 Å². The number of rotatable bonds is 6. The van der Waals surface area contributed by atoms with Crippen LogP contribution in [0.25, 0.3) is 0 Å². The van der Waals surface area contributed by atoms with Gasteiger partial charge in [0.15, 0.2) is 0 Å². The third-order valence-electron chi connectivity index (χ3n) is 2.58. The highest BCUT2D eigenvalue weighted by atomic mass is 32.1. The molecule has 0 bridgehead atoms. The minimum absolute atomic E-state index is 0.109. The highest BCUT2D eigenvalue weighted by molar-refractivity contribution is 7.09. The number of hydrogen-bond donors (Lipinski definition) is 2. The molecule has 0 amide bonds. The summed E-state index contributed by atoms with van der Waals surface area (Å²) in [6.07, 6.45) is 2.35. The average Bonchev–Trinajstić information content (AvgIpc) is 2.91. The second kappa shape index (κ2) is 6.11. The SMILES string of the molecule is O=C(O)c1ccc(NCCc2nccs2)c([N+](=O)[O-])c1. The van der Waals surface area contributed by atoms with E-state index in [1.807, 2.05) is 5.38 Å². The van der Waals surface area contributed by atoms with E-state index in [2.05, 4.69) is 10.3 Å². The fourth-order valence-electron chi connectivity index (χ4n) is 1.65. The van der Waals surface area contributed by atoms with Crippen LogP contribution in [0.4, 0.5) is 11.4 Å². The second-order valence-electron chi connectivity index (χ2n) is 3.90. The van der Waals surface area contributed by atoms with Gasteiger partial charge in [-0.1, -0.05) is 0 Å². The molecular weight excluding hydrogens is 282 g/mol. The number of thiazole rings is 1. The maximum Gasteiger partial charge on any atom is 0.335 e. The van der Waals surface area contributed by atoms with E-state index >= 15 is 0 Å². The number of carboxylic acid groups (broad SMARTS) is 1. The molecule has 0 aliphatic carbocycles. The van der Waals surface area contributed by atoms with Gasteiger partial charge in [-0.25, -0.2) is 9.78 Å². The van der Waals surface area contributed by atoms with Crippen LogP contribution in [0, 0.1) is 10.1 Å². The molecule has 0 aliphatic rings. The molecule has 1 heterocycles. The average molecular weight is 293 g/mol. The first kappa shape index (κ1) is 13.9. The van der Waals surface area contributed by atoms with Crippen molar-refractivity contribution in [3.63, 3.8) is 0 Å². The van der Waals surface area contributed by atoms with Gasteiger partial charge in [0.25, 0.3) is 5.69 Å². The third kappa shape index (κ3) is 3.29. The first-order valence-electron chi connectivity index (χ1n) is 5.72. The van der Waals surface area contributed by atoms with Crippen LogP contribution in [-0.2, 0) is 6.42 Å². The van der Waals surface area contributed by atoms with E-state index < -0.39 is 10.9 Å². The number of nitro benzene ring substituents is 1. The molecule has 7 nitrogen and oxygen atoms in total. The Balaban J connectivity index is 2.10. The lowest BCUT2D eigenvalue weighted by atomic mass is 10.1. The zero-order valence-corrected chi connectivity index (χ0v) is 11.1. The molecule has 0 radical (unpaired) electrons. The fraction of sp³-hybridized carbons (Fsp3) is 0.167. The number of anilines is 1. The van der Waals surface area contributed by atoms with E-state index in [-0.39, 0.29) is 11.3 Å². The van der Waals surface area contributed by atoms with Gasteiger partial charge >= 0.3 is 5.97 Å². The molecule has 0 spiro atoms. The molecule has 0 unspecified atom stereocenters. The zero-order chi connectivity index (χ0) is 14.5. The van der Waals surface area contributed by atoms with Crippen LogP contribution in [0.2, 0.25) is 0 Å². The number of aromatic nitrogens is 1. The number of nitro groups is 1. The Morgan fingerprint density at radius 2 is 2.30 bits per heavy atom. The number of nitrogens with zero attached hydrogens (tertiary/aromatic N) is 2. The molecule has 0 saturated carbocycles. The van der Waals surface area contributed by atoms with Crippen molar-refractivity contribution in [2.24, 2.45) is 0 Å². The summed E-state index contributed by atoms with van der Waals surface area (Å²) in [6.45, 7) is 0.487. The summed E-state index contributed by atoms with van der Waals surface area (Å²) in [6, 6.07) is 3.79. The molecule has 8 heteroatoms. The summed E-state index contributed by atoms with van der Waals surface area (Å²) >= 11 is 1.51. The van der Waals surface area contributed by atoms with Gasteiger partial charge in [-0.05, 0) is 12.1 Å². The van der Waals surface area contributed by atoms with Crippen molar-refractivity contribution in [1.29, 1.82) is 0 Å². The van der Waals surface area contributed by atoms with Crippen LogP contribution in [0.3, 0.4) is 0 Å². The first-order chi connectivity index (χ1) is 9.58. The van der Waals surface area contributed by atoms with E-state index in [1.54, 1.807) is 6.20 Å². The lowest BCUT2D eigenvalue weighted by Gasteiger charge is -2.06. The minimum atomic E-state index is -1.19. The quantitative estimate of drug-likeness (QED) is 0.626. The number of benzene rings is 1. The van der Waals surface area contributed by atoms with Gasteiger partial charge in [0.1, 0.15) is 5.69 Å². The van der Waals surface area contributed by atoms with Gasteiger partial charge in [-0.2, -0.15) is 0 Å². The molecular formula is C12H11N3O4S. The smallest absolute Gasteiger partial charge is 0.335 e. The standard InChI is InChI=1S/C12H11N3O4S/c16-12(17)8-1-2-9(10(7-8)15(18)19)13-4-3-11-14-5-6-20-11/h1-2,5-7,13H,3-4H2,(H,16,17). The Bertz CT molecular complexity index is 628. The Morgan fingerprint density at radius 1 is 1.50 bits per heavy atom. The monoisotopic (exact) mass is 293 g/mol. The Labute approximate surface area is 118 Å². The van der Waals surface area contributed by atoms with E-state index in [4.69, 9.17) is 5.11 Å². The maximum absolute atomic E-state index is 11.0. The fourth-order valence-corrected chi connectivity index (χ4v) is 2.27. The van der Waals surface area contributed by atoms with E-state index in [9.17, 15) is 14.9 Å². The van der Waals surface area contributed by atoms with Gasteiger partial charge in [-0.15, -0.1) is 11.3 Å². The third-order valence-corrected chi connectivity index (χ3v) is 3.42. The predicted molar refractivity (Wildman–Crippen MR) is 74.4 cm³/mol. The summed E-state index contributed by atoms with van der Waals surface area (Å²) in [7, 11) is 0. The number of aromatic carboxylic acids is 1. The van der Waals surface area contributed by atoms with Gasteiger partial charge in [0.2, 0.25) is 0 Å². The van der Waals surface area contributed by atoms with E-state index in [0.717, 1.165) is 11.1 Å². The number of carbonyl (C=O) groups is 1. The number of nitrogens with one attached hydrogen (secondary N) is 1. The first-order valence-corrected chi connectivity index (χ1v) is 6.60. The minimum Gasteiger partial charge on any atom is -0.478 e. The molecule has 0 saturated heterocycles. The van der Waals surface area contributed by atoms with Crippen molar-refractivity contribution >= 4 is 28.7 Å². The Hall–Kier alpha value is -2.48. The Morgan fingerprint density at radius 3 is 2.90 bits per heavy atom. The topological polar surface area (TPSA) is 105 Å². The summed E-state index contributed by atoms with van der Waals surface area (Å²) in [5, 5.41) is 25.5. The second-order valence-corrected chi connectivity index (χ2v) is 4.88. The molecule has 2 N–H and O–H groups in total. The van der Waals surface area contributed by atoms with Crippen molar-refractivity contribution in [2.45, 2.75) is 6.42 Å². The van der Waals surface area contributed by atoms with Crippen LogP contribution in [0.15, 0.2) is 29.8 Å². The largest absolute Gasteiger partial charge is 0.478 e. The van der Waals surface area contributed by atoms with Crippen molar-refractivity contribution < 1.29 is 14.8 Å². The van der Waals surface area contributed by atoms with Crippen LogP contribution in [-0.4, -0.2) is 27.5 Å². The molecule has 1 aromatic carbocycles. The van der Waals surface area contributed by atoms with E-state index in [0.29, 0.717) is 18.7 Å². The van der Waals surface area contributed by atoms with Crippen LogP contribution in [0.1, 0.15) is 15.4 Å². The molecule has 0 fully saturated rings. The van der Waals surface area contributed by atoms with Crippen molar-refractivity contribution in [1.82, 2.24) is 4.98 Å². The number of carboxylic acids is 1. The molecule has 2 aromatic rings. The molecule has 0 atom stereocenters. The highest BCUT2D eigenvalue weighted by Gasteiger charge is 2.16. The molecule has 0 aliphatic heterocycles. The van der Waals surface area contributed by atoms with Gasteiger partial charge in [-0.3, -0.25) is 10.1 Å². The van der Waals surface area contributed by atoms with Gasteiger partial charge in [0.05, 0.1) is 15.5 Å². The lowest BCUT2D eigenvalue weighted by molar-refractivity contribution is -0.384. The van der Waals surface area contributed by atoms with Crippen molar-refractivity contribution in [3.8, 4) is 0 Å². The normalized spacial score (nSPS) is 10.2. The summed E-state index contributed by atoms with van der Waals surface area (Å²) in [5.74, 6) is -1.19. The van der Waals surface area contributed by atoms with Crippen molar-refractivity contribution in [2.75, 3.05) is 11.9 Å². The molecule has 20 heavy (non-hydrogen) atoms. The summed E-state index contributed by atoms with van der Waals surface area (Å²) in [5.41, 5.74) is -0.0530. The maximum atomic E-state index is 11.0.